The van der Waals surface area contributed by atoms with Crippen LogP contribution >= 0.6 is 0 Å². The van der Waals surface area contributed by atoms with Crippen LogP contribution in [0.1, 0.15) is 33.6 Å². The van der Waals surface area contributed by atoms with E-state index in [1.54, 1.807) is 0 Å². The van der Waals surface area contributed by atoms with Gasteiger partial charge in [0, 0.05) is 38.6 Å². The van der Waals surface area contributed by atoms with Gasteiger partial charge >= 0.3 is 0 Å². The summed E-state index contributed by atoms with van der Waals surface area (Å²) in [6, 6.07) is -0.100. The predicted molar refractivity (Wildman–Crippen MR) is 76.8 cm³/mol. The summed E-state index contributed by atoms with van der Waals surface area (Å²) in [4.78, 5) is 16.4. The van der Waals surface area contributed by atoms with E-state index in [1.807, 2.05) is 4.90 Å². The molecule has 5 heteroatoms. The van der Waals surface area contributed by atoms with Crippen LogP contribution in [0.3, 0.4) is 0 Å². The predicted octanol–water partition coefficient (Wildman–Crippen LogP) is 0.277. The lowest BCUT2D eigenvalue weighted by Gasteiger charge is -2.29. The molecule has 1 aliphatic rings. The van der Waals surface area contributed by atoms with Crippen LogP contribution < -0.4 is 5.73 Å². The minimum absolute atomic E-state index is 0.0373. The third-order valence-corrected chi connectivity index (χ3v) is 3.86. The second kappa shape index (κ2) is 7.22. The molecule has 3 N–H and O–H groups in total. The van der Waals surface area contributed by atoms with E-state index in [4.69, 9.17) is 10.8 Å². The van der Waals surface area contributed by atoms with Gasteiger partial charge in [0.2, 0.25) is 5.91 Å². The van der Waals surface area contributed by atoms with Crippen molar-refractivity contribution in [3.05, 3.63) is 0 Å². The highest BCUT2D eigenvalue weighted by atomic mass is 16.3. The number of aliphatic hydroxyl groups is 1. The summed E-state index contributed by atoms with van der Waals surface area (Å²) in [5.41, 5.74) is 6.04. The molecule has 0 aliphatic carbocycles. The Bertz CT molecular complexity index is 289. The first-order valence-electron chi connectivity index (χ1n) is 7.21. The number of nitrogens with zero attached hydrogens (tertiary/aromatic N) is 2. The Hall–Kier alpha value is -0.650. The number of β-amino-alcohol motifs (C(OH)–C–C–N with tert-alkyl or cyclic N) is 1. The van der Waals surface area contributed by atoms with Crippen molar-refractivity contribution in [2.75, 3.05) is 39.3 Å². The maximum absolute atomic E-state index is 12.3. The second-order valence-electron chi connectivity index (χ2n) is 6.48. The molecule has 1 saturated heterocycles. The van der Waals surface area contributed by atoms with Gasteiger partial charge in [0.25, 0.3) is 0 Å². The summed E-state index contributed by atoms with van der Waals surface area (Å²) in [6.45, 7) is 10.4. The fourth-order valence-corrected chi connectivity index (χ4v) is 2.21. The highest BCUT2D eigenvalue weighted by molar-refractivity contribution is 5.77. The van der Waals surface area contributed by atoms with E-state index in [1.165, 1.54) is 0 Å². The summed E-state index contributed by atoms with van der Waals surface area (Å²) >= 11 is 0. The van der Waals surface area contributed by atoms with Gasteiger partial charge in [-0.05, 0) is 18.4 Å². The van der Waals surface area contributed by atoms with E-state index < -0.39 is 0 Å². The zero-order valence-corrected chi connectivity index (χ0v) is 12.6. The molecular formula is C14H29N3O2. The fourth-order valence-electron chi connectivity index (χ4n) is 2.21. The van der Waals surface area contributed by atoms with Gasteiger partial charge < -0.3 is 15.7 Å². The van der Waals surface area contributed by atoms with Crippen molar-refractivity contribution in [1.82, 2.24) is 9.80 Å². The van der Waals surface area contributed by atoms with E-state index in [9.17, 15) is 4.79 Å². The van der Waals surface area contributed by atoms with Crippen LogP contribution in [0.5, 0.6) is 0 Å². The van der Waals surface area contributed by atoms with E-state index in [2.05, 4.69) is 25.7 Å². The topological polar surface area (TPSA) is 69.8 Å². The van der Waals surface area contributed by atoms with Crippen LogP contribution in [0.15, 0.2) is 0 Å². The van der Waals surface area contributed by atoms with Crippen LogP contribution in [0, 0.1) is 5.41 Å². The minimum atomic E-state index is -0.100. The van der Waals surface area contributed by atoms with Crippen molar-refractivity contribution >= 4 is 5.91 Å². The van der Waals surface area contributed by atoms with Gasteiger partial charge in [0.15, 0.2) is 0 Å². The lowest BCUT2D eigenvalue weighted by Crippen LogP contribution is -2.43. The number of amides is 1. The second-order valence-corrected chi connectivity index (χ2v) is 6.48. The first-order chi connectivity index (χ1) is 8.84. The number of hydrogen-bond donors (Lipinski definition) is 2. The molecule has 1 atom stereocenters. The van der Waals surface area contributed by atoms with E-state index in [-0.39, 0.29) is 24.0 Å². The van der Waals surface area contributed by atoms with Crippen molar-refractivity contribution in [2.45, 2.75) is 39.7 Å². The molecule has 1 fully saturated rings. The summed E-state index contributed by atoms with van der Waals surface area (Å²) in [5, 5.41) is 8.96. The summed E-state index contributed by atoms with van der Waals surface area (Å²) in [5.74, 6) is 0.160. The maximum Gasteiger partial charge on any atom is 0.224 e. The first-order valence-corrected chi connectivity index (χ1v) is 7.21. The summed E-state index contributed by atoms with van der Waals surface area (Å²) < 4.78 is 0. The van der Waals surface area contributed by atoms with Crippen molar-refractivity contribution in [1.29, 1.82) is 0 Å². The molecule has 0 radical (unpaired) electrons. The Morgan fingerprint density at radius 1 is 1.26 bits per heavy atom. The van der Waals surface area contributed by atoms with Gasteiger partial charge in [-0.2, -0.15) is 0 Å². The molecule has 1 heterocycles. The Morgan fingerprint density at radius 2 is 1.95 bits per heavy atom. The molecule has 5 nitrogen and oxygen atoms in total. The van der Waals surface area contributed by atoms with Crippen LogP contribution in [-0.4, -0.2) is 66.2 Å². The molecule has 0 spiro atoms. The van der Waals surface area contributed by atoms with Crippen LogP contribution in [0.2, 0.25) is 0 Å². The molecule has 0 saturated carbocycles. The monoisotopic (exact) mass is 271 g/mol. The van der Waals surface area contributed by atoms with Crippen molar-refractivity contribution in [3.8, 4) is 0 Å². The van der Waals surface area contributed by atoms with Gasteiger partial charge in [0.05, 0.1) is 6.61 Å². The minimum Gasteiger partial charge on any atom is -0.395 e. The molecule has 0 bridgehead atoms. The van der Waals surface area contributed by atoms with Crippen LogP contribution in [0.4, 0.5) is 0 Å². The van der Waals surface area contributed by atoms with E-state index in [0.29, 0.717) is 13.0 Å². The quantitative estimate of drug-likeness (QED) is 0.770. The highest BCUT2D eigenvalue weighted by Gasteiger charge is 2.26. The van der Waals surface area contributed by atoms with E-state index in [0.717, 1.165) is 32.6 Å². The first kappa shape index (κ1) is 16.4. The fraction of sp³-hybridized carbons (Fsp3) is 0.929. The lowest BCUT2D eigenvalue weighted by molar-refractivity contribution is -0.132. The van der Waals surface area contributed by atoms with Gasteiger partial charge in [-0.3, -0.25) is 9.69 Å². The number of aliphatic hydroxyl groups excluding tert-OH is 1. The zero-order valence-electron chi connectivity index (χ0n) is 12.6. The third kappa shape index (κ3) is 5.47. The van der Waals surface area contributed by atoms with Crippen molar-refractivity contribution < 1.29 is 9.90 Å². The van der Waals surface area contributed by atoms with Crippen molar-refractivity contribution in [3.63, 3.8) is 0 Å². The SMILES string of the molecule is CC(C)(C)C(N)CC(=O)N1CCCN(CCO)CC1. The Balaban J connectivity index is 2.45. The Labute approximate surface area is 116 Å². The molecule has 1 amide bonds. The normalized spacial score (nSPS) is 20.2. The molecule has 0 aromatic heterocycles. The maximum atomic E-state index is 12.3. The van der Waals surface area contributed by atoms with Gasteiger partial charge in [0.1, 0.15) is 0 Å². The molecule has 0 aromatic rings. The lowest BCUT2D eigenvalue weighted by atomic mass is 9.85. The number of nitrogens with two attached hydrogens (primary N) is 1. The zero-order chi connectivity index (χ0) is 14.5. The molecule has 1 aliphatic heterocycles. The Morgan fingerprint density at radius 3 is 2.53 bits per heavy atom. The number of carbonyl (C=O) groups excluding carboxylic acids is 1. The van der Waals surface area contributed by atoms with Gasteiger partial charge in [-0.15, -0.1) is 0 Å². The molecule has 112 valence electrons. The average molecular weight is 271 g/mol. The average Bonchev–Trinajstić information content (AvgIpc) is 2.54. The Kier molecular flexibility index (Phi) is 6.23. The molecule has 0 aromatic carbocycles. The standard InChI is InChI=1S/C14H29N3O2/c1-14(2,3)12(15)11-13(19)17-6-4-5-16(7-8-17)9-10-18/h12,18H,4-11,15H2,1-3H3. The number of carbonyl (C=O) groups is 1. The molecule has 1 rings (SSSR count). The summed E-state index contributed by atoms with van der Waals surface area (Å²) in [6.07, 6.45) is 1.39. The van der Waals surface area contributed by atoms with Crippen molar-refractivity contribution in [2.24, 2.45) is 11.1 Å². The highest BCUT2D eigenvalue weighted by Crippen LogP contribution is 2.20. The van der Waals surface area contributed by atoms with E-state index >= 15 is 0 Å². The molecule has 1 unspecified atom stereocenters. The largest absolute Gasteiger partial charge is 0.395 e. The number of hydrogen-bond acceptors (Lipinski definition) is 4. The molecular weight excluding hydrogens is 242 g/mol. The van der Waals surface area contributed by atoms with Crippen LogP contribution in [0.25, 0.3) is 0 Å². The van der Waals surface area contributed by atoms with Gasteiger partial charge in [-0.1, -0.05) is 20.8 Å². The smallest absolute Gasteiger partial charge is 0.224 e. The summed E-state index contributed by atoms with van der Waals surface area (Å²) in [7, 11) is 0. The third-order valence-electron chi connectivity index (χ3n) is 3.86. The molecule has 19 heavy (non-hydrogen) atoms. The number of rotatable bonds is 4. The van der Waals surface area contributed by atoms with Gasteiger partial charge in [-0.25, -0.2) is 0 Å². The van der Waals surface area contributed by atoms with Crippen LogP contribution in [-0.2, 0) is 4.79 Å².